The number of carbonyl (C=O) groups is 2. The average Bonchev–Trinajstić information content (AvgIpc) is 2.55. The summed E-state index contributed by atoms with van der Waals surface area (Å²) >= 11 is 0. The number of β-amino-alcohol motifs (C(OH)–C–C–N with tert-alkyl or cyclic N) is 1. The van der Waals surface area contributed by atoms with Crippen LogP contribution in [0.2, 0.25) is 0 Å². The van der Waals surface area contributed by atoms with Gasteiger partial charge in [-0.25, -0.2) is 4.79 Å². The van der Waals surface area contributed by atoms with Crippen LogP contribution in [0.3, 0.4) is 0 Å². The molecule has 2 rings (SSSR count). The van der Waals surface area contributed by atoms with Crippen LogP contribution in [0.5, 0.6) is 0 Å². The van der Waals surface area contributed by atoms with E-state index in [2.05, 4.69) is 5.32 Å². The van der Waals surface area contributed by atoms with Crippen LogP contribution in [0, 0.1) is 0 Å². The summed E-state index contributed by atoms with van der Waals surface area (Å²) in [5.74, 6) is -0.199. The quantitative estimate of drug-likeness (QED) is 0.584. The molecular weight excluding hydrogens is 222 g/mol. The predicted molar refractivity (Wildman–Crippen MR) is 61.1 cm³/mol. The third kappa shape index (κ3) is 2.14. The first-order valence-corrected chi connectivity index (χ1v) is 6.11. The summed E-state index contributed by atoms with van der Waals surface area (Å²) in [6, 6.07) is -0.399. The Morgan fingerprint density at radius 2 is 2.00 bits per heavy atom. The van der Waals surface area contributed by atoms with Crippen LogP contribution in [0.1, 0.15) is 32.1 Å². The van der Waals surface area contributed by atoms with Gasteiger partial charge in [0.05, 0.1) is 12.6 Å². The highest BCUT2D eigenvalue weighted by Gasteiger charge is 2.51. The molecule has 1 aliphatic carbocycles. The van der Waals surface area contributed by atoms with Gasteiger partial charge in [-0.1, -0.05) is 19.3 Å². The lowest BCUT2D eigenvalue weighted by molar-refractivity contribution is -0.133. The normalized spacial score (nSPS) is 25.2. The summed E-state index contributed by atoms with van der Waals surface area (Å²) < 4.78 is 0. The Morgan fingerprint density at radius 1 is 1.35 bits per heavy atom. The summed E-state index contributed by atoms with van der Waals surface area (Å²) in [7, 11) is 0. The van der Waals surface area contributed by atoms with E-state index in [1.807, 2.05) is 0 Å². The molecule has 1 heterocycles. The van der Waals surface area contributed by atoms with E-state index < -0.39 is 17.7 Å². The summed E-state index contributed by atoms with van der Waals surface area (Å²) in [6.45, 7) is 0.0347. The van der Waals surface area contributed by atoms with Gasteiger partial charge in [0, 0.05) is 6.54 Å². The van der Waals surface area contributed by atoms with E-state index in [-0.39, 0.29) is 19.0 Å². The number of nitrogens with zero attached hydrogens (tertiary/aromatic N) is 1. The van der Waals surface area contributed by atoms with Gasteiger partial charge in [0.1, 0.15) is 5.54 Å². The third-order valence-corrected chi connectivity index (χ3v) is 3.62. The molecule has 0 aromatic rings. The smallest absolute Gasteiger partial charge is 0.325 e. The zero-order valence-electron chi connectivity index (χ0n) is 9.82. The average molecular weight is 241 g/mol. The fraction of sp³-hybridized carbons (Fsp3) is 0.818. The van der Waals surface area contributed by atoms with Gasteiger partial charge in [0.2, 0.25) is 0 Å². The molecular formula is C11H19N3O3. The van der Waals surface area contributed by atoms with Gasteiger partial charge in [-0.15, -0.1) is 0 Å². The molecule has 1 spiro atoms. The van der Waals surface area contributed by atoms with Crippen LogP contribution >= 0.6 is 0 Å². The van der Waals surface area contributed by atoms with Crippen molar-refractivity contribution in [1.29, 1.82) is 0 Å². The minimum absolute atomic E-state index is 0.0110. The maximum absolute atomic E-state index is 12.2. The molecule has 0 radical (unpaired) electrons. The van der Waals surface area contributed by atoms with Crippen molar-refractivity contribution in [2.45, 2.75) is 43.7 Å². The number of nitrogens with two attached hydrogens (primary N) is 1. The Hall–Kier alpha value is -1.14. The molecule has 4 N–H and O–H groups in total. The first-order valence-electron chi connectivity index (χ1n) is 6.11. The highest BCUT2D eigenvalue weighted by molar-refractivity contribution is 6.07. The van der Waals surface area contributed by atoms with Crippen molar-refractivity contribution in [1.82, 2.24) is 10.2 Å². The van der Waals surface area contributed by atoms with Crippen LogP contribution in [0.4, 0.5) is 4.79 Å². The van der Waals surface area contributed by atoms with Crippen LogP contribution in [0.25, 0.3) is 0 Å². The number of carbonyl (C=O) groups excluding carboxylic acids is 2. The van der Waals surface area contributed by atoms with E-state index in [4.69, 9.17) is 5.73 Å². The van der Waals surface area contributed by atoms with Gasteiger partial charge in [-0.2, -0.15) is 0 Å². The maximum Gasteiger partial charge on any atom is 0.325 e. The van der Waals surface area contributed by atoms with Crippen molar-refractivity contribution >= 4 is 11.9 Å². The van der Waals surface area contributed by atoms with Crippen molar-refractivity contribution in [2.75, 3.05) is 13.1 Å². The summed E-state index contributed by atoms with van der Waals surface area (Å²) in [4.78, 5) is 25.1. The van der Waals surface area contributed by atoms with E-state index in [0.29, 0.717) is 12.8 Å². The monoisotopic (exact) mass is 241 g/mol. The number of hydrogen-bond acceptors (Lipinski definition) is 4. The Bertz CT molecular complexity index is 326. The van der Waals surface area contributed by atoms with Crippen LogP contribution < -0.4 is 11.1 Å². The SMILES string of the molecule is NCC(O)CN1C(=O)NC2(CCCCC2)C1=O. The molecule has 1 saturated heterocycles. The first-order chi connectivity index (χ1) is 8.09. The lowest BCUT2D eigenvalue weighted by Gasteiger charge is -2.30. The van der Waals surface area contributed by atoms with Crippen LogP contribution in [-0.2, 0) is 4.79 Å². The zero-order valence-corrected chi connectivity index (χ0v) is 9.82. The van der Waals surface area contributed by atoms with Crippen molar-refractivity contribution in [3.05, 3.63) is 0 Å². The Kier molecular flexibility index (Phi) is 3.35. The number of imide groups is 1. The van der Waals surface area contributed by atoms with Crippen LogP contribution in [-0.4, -0.2) is 46.7 Å². The van der Waals surface area contributed by atoms with Crippen molar-refractivity contribution < 1.29 is 14.7 Å². The number of urea groups is 1. The van der Waals surface area contributed by atoms with E-state index in [1.165, 1.54) is 0 Å². The topological polar surface area (TPSA) is 95.7 Å². The zero-order chi connectivity index (χ0) is 12.5. The number of amides is 3. The Balaban J connectivity index is 2.10. The molecule has 6 nitrogen and oxygen atoms in total. The standard InChI is InChI=1S/C11H19N3O3/c12-6-8(15)7-14-9(16)11(13-10(14)17)4-2-1-3-5-11/h8,15H,1-7,12H2,(H,13,17). The molecule has 2 fully saturated rings. The lowest BCUT2D eigenvalue weighted by Crippen LogP contribution is -2.49. The van der Waals surface area contributed by atoms with Gasteiger partial charge in [0.25, 0.3) is 5.91 Å². The largest absolute Gasteiger partial charge is 0.390 e. The predicted octanol–water partition coefficient (Wildman–Crippen LogP) is -0.439. The second-order valence-corrected chi connectivity index (χ2v) is 4.88. The third-order valence-electron chi connectivity index (χ3n) is 3.62. The van der Waals surface area contributed by atoms with Crippen LogP contribution in [0.15, 0.2) is 0 Å². The van der Waals surface area contributed by atoms with Gasteiger partial charge in [-0.3, -0.25) is 9.69 Å². The summed E-state index contributed by atoms with van der Waals surface area (Å²) in [6.07, 6.45) is 3.58. The van der Waals surface area contributed by atoms with Crippen molar-refractivity contribution in [2.24, 2.45) is 5.73 Å². The van der Waals surface area contributed by atoms with E-state index >= 15 is 0 Å². The molecule has 1 atom stereocenters. The Labute approximate surface area is 100 Å². The second kappa shape index (κ2) is 4.62. The highest BCUT2D eigenvalue weighted by atomic mass is 16.3. The molecule has 0 aromatic carbocycles. The van der Waals surface area contributed by atoms with Gasteiger partial charge >= 0.3 is 6.03 Å². The number of rotatable bonds is 3. The molecule has 0 aromatic heterocycles. The maximum atomic E-state index is 12.2. The number of nitrogens with one attached hydrogen (secondary N) is 1. The molecule has 2 aliphatic rings. The number of aliphatic hydroxyl groups is 1. The van der Waals surface area contributed by atoms with Gasteiger partial charge < -0.3 is 16.2 Å². The lowest BCUT2D eigenvalue weighted by atomic mass is 9.82. The molecule has 0 bridgehead atoms. The number of aliphatic hydroxyl groups excluding tert-OH is 1. The van der Waals surface area contributed by atoms with E-state index in [0.717, 1.165) is 24.2 Å². The summed E-state index contributed by atoms with van der Waals surface area (Å²) in [5, 5.41) is 12.2. The first kappa shape index (κ1) is 12.3. The van der Waals surface area contributed by atoms with Crippen molar-refractivity contribution in [3.8, 4) is 0 Å². The minimum Gasteiger partial charge on any atom is -0.390 e. The number of hydrogen-bond donors (Lipinski definition) is 3. The molecule has 17 heavy (non-hydrogen) atoms. The molecule has 1 aliphatic heterocycles. The molecule has 6 heteroatoms. The molecule has 1 unspecified atom stereocenters. The Morgan fingerprint density at radius 3 is 2.59 bits per heavy atom. The van der Waals surface area contributed by atoms with Gasteiger partial charge in [-0.05, 0) is 12.8 Å². The van der Waals surface area contributed by atoms with E-state index in [1.54, 1.807) is 0 Å². The summed E-state index contributed by atoms with van der Waals surface area (Å²) in [5.41, 5.74) is 4.59. The minimum atomic E-state index is -0.844. The highest BCUT2D eigenvalue weighted by Crippen LogP contribution is 2.33. The molecule has 96 valence electrons. The van der Waals surface area contributed by atoms with E-state index in [9.17, 15) is 14.7 Å². The fourth-order valence-corrected chi connectivity index (χ4v) is 2.62. The van der Waals surface area contributed by atoms with Crippen molar-refractivity contribution in [3.63, 3.8) is 0 Å². The molecule has 1 saturated carbocycles. The second-order valence-electron chi connectivity index (χ2n) is 4.88. The van der Waals surface area contributed by atoms with Gasteiger partial charge in [0.15, 0.2) is 0 Å². The molecule has 3 amide bonds. The fourth-order valence-electron chi connectivity index (χ4n) is 2.62.